The third kappa shape index (κ3) is 4.13. The number of aromatic nitrogens is 2. The number of nitrogens with two attached hydrogens (primary N) is 1. The molecule has 2 rings (SSSR count). The highest BCUT2D eigenvalue weighted by atomic mass is 32.1. The molecule has 0 fully saturated rings. The van der Waals surface area contributed by atoms with Gasteiger partial charge >= 0.3 is 0 Å². The molecule has 5 nitrogen and oxygen atoms in total. The van der Waals surface area contributed by atoms with Crippen molar-refractivity contribution < 1.29 is 4.79 Å². The third-order valence-corrected chi connectivity index (χ3v) is 3.31. The van der Waals surface area contributed by atoms with Gasteiger partial charge < -0.3 is 11.1 Å². The topological polar surface area (TPSA) is 72.9 Å². The van der Waals surface area contributed by atoms with Crippen LogP contribution in [0.5, 0.6) is 0 Å². The van der Waals surface area contributed by atoms with Gasteiger partial charge in [0.05, 0.1) is 22.4 Å². The van der Waals surface area contributed by atoms with Crippen molar-refractivity contribution in [3.8, 4) is 5.69 Å². The summed E-state index contributed by atoms with van der Waals surface area (Å²) >= 11 is 4.89. The molecule has 110 valence electrons. The Hall–Kier alpha value is -2.21. The summed E-state index contributed by atoms with van der Waals surface area (Å²) in [6.07, 6.45) is 4.54. The Morgan fingerprint density at radius 1 is 1.43 bits per heavy atom. The van der Waals surface area contributed by atoms with Gasteiger partial charge in [0.15, 0.2) is 0 Å². The second-order valence-corrected chi connectivity index (χ2v) is 5.28. The van der Waals surface area contributed by atoms with Crippen molar-refractivity contribution in [1.82, 2.24) is 15.1 Å². The van der Waals surface area contributed by atoms with E-state index in [1.54, 1.807) is 17.1 Å². The summed E-state index contributed by atoms with van der Waals surface area (Å²) in [7, 11) is 0. The van der Waals surface area contributed by atoms with Crippen molar-refractivity contribution in [2.24, 2.45) is 5.73 Å². The highest BCUT2D eigenvalue weighted by Gasteiger charge is 2.14. The lowest BCUT2D eigenvalue weighted by Gasteiger charge is -2.15. The Morgan fingerprint density at radius 2 is 2.14 bits per heavy atom. The predicted octanol–water partition coefficient (Wildman–Crippen LogP) is 2.06. The summed E-state index contributed by atoms with van der Waals surface area (Å²) in [5.41, 5.74) is 6.95. The zero-order valence-electron chi connectivity index (χ0n) is 11.8. The van der Waals surface area contributed by atoms with E-state index in [9.17, 15) is 4.79 Å². The first kappa shape index (κ1) is 15.2. The molecule has 1 unspecified atom stereocenters. The smallest absolute Gasteiger partial charge is 0.254 e. The van der Waals surface area contributed by atoms with Gasteiger partial charge in [-0.25, -0.2) is 4.68 Å². The van der Waals surface area contributed by atoms with Crippen LogP contribution in [0.2, 0.25) is 0 Å². The zero-order chi connectivity index (χ0) is 15.2. The first-order valence-electron chi connectivity index (χ1n) is 6.79. The van der Waals surface area contributed by atoms with E-state index >= 15 is 0 Å². The molecule has 0 saturated heterocycles. The normalized spacial score (nSPS) is 11.9. The quantitative estimate of drug-likeness (QED) is 0.801. The average Bonchev–Trinajstić information content (AvgIpc) is 2.97. The Labute approximate surface area is 129 Å². The zero-order valence-corrected chi connectivity index (χ0v) is 12.6. The molecule has 21 heavy (non-hydrogen) atoms. The van der Waals surface area contributed by atoms with Gasteiger partial charge in [0.2, 0.25) is 0 Å². The average molecular weight is 302 g/mol. The summed E-state index contributed by atoms with van der Waals surface area (Å²) in [4.78, 5) is 12.6. The number of carbonyl (C=O) groups excluding carboxylic acids is 1. The molecule has 3 N–H and O–H groups in total. The van der Waals surface area contributed by atoms with E-state index in [0.717, 1.165) is 12.1 Å². The minimum absolute atomic E-state index is 0.0462. The van der Waals surface area contributed by atoms with Crippen molar-refractivity contribution >= 4 is 23.1 Å². The fraction of sp³-hybridized carbons (Fsp3) is 0.267. The van der Waals surface area contributed by atoms with Crippen LogP contribution in [0.3, 0.4) is 0 Å². The second kappa shape index (κ2) is 6.99. The third-order valence-electron chi connectivity index (χ3n) is 3.14. The van der Waals surface area contributed by atoms with Crippen LogP contribution in [0.4, 0.5) is 0 Å². The number of benzene rings is 1. The Kier molecular flexibility index (Phi) is 5.05. The lowest BCUT2D eigenvalue weighted by atomic mass is 10.1. The monoisotopic (exact) mass is 302 g/mol. The first-order chi connectivity index (χ1) is 10.1. The molecule has 1 heterocycles. The molecule has 0 aliphatic rings. The fourth-order valence-electron chi connectivity index (χ4n) is 1.97. The summed E-state index contributed by atoms with van der Waals surface area (Å²) in [5.74, 6) is -0.166. The SMILES string of the molecule is CCC(CC(N)=S)NC(=O)c1cnn(-c2ccccc2)c1. The second-order valence-electron chi connectivity index (χ2n) is 4.76. The van der Waals surface area contributed by atoms with Gasteiger partial charge in [0.25, 0.3) is 5.91 Å². The minimum atomic E-state index is -0.166. The van der Waals surface area contributed by atoms with Crippen molar-refractivity contribution in [2.75, 3.05) is 0 Å². The van der Waals surface area contributed by atoms with Gasteiger partial charge in [-0.2, -0.15) is 5.10 Å². The van der Waals surface area contributed by atoms with Crippen LogP contribution in [-0.4, -0.2) is 26.7 Å². The van der Waals surface area contributed by atoms with Gasteiger partial charge in [-0.15, -0.1) is 0 Å². The summed E-state index contributed by atoms with van der Waals surface area (Å²) in [6.45, 7) is 1.98. The molecule has 0 aliphatic carbocycles. The molecule has 6 heteroatoms. The molecule has 0 aliphatic heterocycles. The molecule has 0 bridgehead atoms. The van der Waals surface area contributed by atoms with E-state index in [1.807, 2.05) is 37.3 Å². The van der Waals surface area contributed by atoms with Crippen LogP contribution < -0.4 is 11.1 Å². The van der Waals surface area contributed by atoms with Crippen molar-refractivity contribution in [3.63, 3.8) is 0 Å². The number of carbonyl (C=O) groups is 1. The molecule has 0 radical (unpaired) electrons. The number of nitrogens with one attached hydrogen (secondary N) is 1. The molecule has 0 spiro atoms. The Morgan fingerprint density at radius 3 is 2.76 bits per heavy atom. The van der Waals surface area contributed by atoms with Crippen LogP contribution in [0.25, 0.3) is 5.69 Å². The van der Waals surface area contributed by atoms with Crippen molar-refractivity contribution in [2.45, 2.75) is 25.8 Å². The lowest BCUT2D eigenvalue weighted by molar-refractivity contribution is 0.0937. The predicted molar refractivity (Wildman–Crippen MR) is 86.5 cm³/mol. The van der Waals surface area contributed by atoms with E-state index in [2.05, 4.69) is 10.4 Å². The van der Waals surface area contributed by atoms with E-state index in [1.165, 1.54) is 0 Å². The van der Waals surface area contributed by atoms with Gasteiger partial charge in [-0.1, -0.05) is 37.3 Å². The first-order valence-corrected chi connectivity index (χ1v) is 7.20. The van der Waals surface area contributed by atoms with Crippen LogP contribution in [-0.2, 0) is 0 Å². The molecular weight excluding hydrogens is 284 g/mol. The minimum Gasteiger partial charge on any atom is -0.393 e. The number of amides is 1. The lowest BCUT2D eigenvalue weighted by Crippen LogP contribution is -2.36. The van der Waals surface area contributed by atoms with Gasteiger partial charge in [-0.3, -0.25) is 4.79 Å². The highest BCUT2D eigenvalue weighted by Crippen LogP contribution is 2.08. The number of hydrogen-bond acceptors (Lipinski definition) is 3. The van der Waals surface area contributed by atoms with E-state index < -0.39 is 0 Å². The molecule has 1 atom stereocenters. The van der Waals surface area contributed by atoms with E-state index in [-0.39, 0.29) is 11.9 Å². The molecule has 1 aromatic heterocycles. The van der Waals surface area contributed by atoms with Gasteiger partial charge in [0, 0.05) is 18.7 Å². The van der Waals surface area contributed by atoms with Crippen LogP contribution in [0.1, 0.15) is 30.1 Å². The summed E-state index contributed by atoms with van der Waals surface area (Å²) < 4.78 is 1.67. The molecule has 0 saturated carbocycles. The fourth-order valence-corrected chi connectivity index (χ4v) is 2.17. The van der Waals surface area contributed by atoms with Gasteiger partial charge in [-0.05, 0) is 18.6 Å². The van der Waals surface area contributed by atoms with Crippen LogP contribution in [0.15, 0.2) is 42.7 Å². The molecule has 2 aromatic rings. The largest absolute Gasteiger partial charge is 0.393 e. The summed E-state index contributed by atoms with van der Waals surface area (Å²) in [6, 6.07) is 9.59. The maximum Gasteiger partial charge on any atom is 0.254 e. The number of para-hydroxylation sites is 1. The number of rotatable bonds is 6. The number of nitrogens with zero attached hydrogens (tertiary/aromatic N) is 2. The maximum absolute atomic E-state index is 12.2. The number of hydrogen-bond donors (Lipinski definition) is 2. The Balaban J connectivity index is 2.07. The standard InChI is InChI=1S/C15H18N4OS/c1-2-12(8-14(16)21)18-15(20)11-9-17-19(10-11)13-6-4-3-5-7-13/h3-7,9-10,12H,2,8H2,1H3,(H2,16,21)(H,18,20). The van der Waals surface area contributed by atoms with Gasteiger partial charge in [0.1, 0.15) is 0 Å². The van der Waals surface area contributed by atoms with Crippen molar-refractivity contribution in [1.29, 1.82) is 0 Å². The highest BCUT2D eigenvalue weighted by molar-refractivity contribution is 7.80. The van der Waals surface area contributed by atoms with Crippen molar-refractivity contribution in [3.05, 3.63) is 48.3 Å². The van der Waals surface area contributed by atoms with Crippen LogP contribution >= 0.6 is 12.2 Å². The molecule has 1 aromatic carbocycles. The maximum atomic E-state index is 12.2. The Bertz CT molecular complexity index is 624. The van der Waals surface area contributed by atoms with E-state index in [4.69, 9.17) is 18.0 Å². The van der Waals surface area contributed by atoms with Crippen LogP contribution in [0, 0.1) is 0 Å². The summed E-state index contributed by atoms with van der Waals surface area (Å²) in [5, 5.41) is 7.13. The van der Waals surface area contributed by atoms with E-state index in [0.29, 0.717) is 17.0 Å². The number of thiocarbonyl (C=S) groups is 1. The molecular formula is C15H18N4OS. The molecule has 1 amide bonds.